The number of hydrogen-bond acceptors (Lipinski definition) is 4. The standard InChI is InChI=1S/C25H21N3O2/c1-30-21-14-11-18(12-15-21)25-19(17-28(27-25)20-7-3-2-4-8-20)13-16-24(29)22-9-5-6-10-23(22)26/h2-17H,26H2,1H3/b16-13+. The molecule has 148 valence electrons. The van der Waals surface area contributed by atoms with Crippen LogP contribution < -0.4 is 10.5 Å². The minimum Gasteiger partial charge on any atom is -0.497 e. The van der Waals surface area contributed by atoms with Gasteiger partial charge in [0, 0.05) is 28.6 Å². The predicted molar refractivity (Wildman–Crippen MR) is 120 cm³/mol. The molecule has 0 saturated carbocycles. The van der Waals surface area contributed by atoms with Gasteiger partial charge in [-0.15, -0.1) is 0 Å². The van der Waals surface area contributed by atoms with Crippen LogP contribution >= 0.6 is 0 Å². The largest absolute Gasteiger partial charge is 0.497 e. The summed E-state index contributed by atoms with van der Waals surface area (Å²) in [6.07, 6.45) is 5.22. The van der Waals surface area contributed by atoms with Crippen molar-refractivity contribution in [1.82, 2.24) is 9.78 Å². The van der Waals surface area contributed by atoms with E-state index in [1.165, 1.54) is 6.08 Å². The summed E-state index contributed by atoms with van der Waals surface area (Å²) in [7, 11) is 1.63. The van der Waals surface area contributed by atoms with Gasteiger partial charge in [-0.2, -0.15) is 5.10 Å². The molecule has 0 saturated heterocycles. The van der Waals surface area contributed by atoms with Crippen LogP contribution in [0.15, 0.2) is 91.1 Å². The SMILES string of the molecule is COc1ccc(-c2nn(-c3ccccc3)cc2/C=C/C(=O)c2ccccc2N)cc1. The van der Waals surface area contributed by atoms with Crippen LogP contribution in [0, 0.1) is 0 Å². The minimum atomic E-state index is -0.152. The second kappa shape index (κ2) is 8.49. The second-order valence-corrected chi connectivity index (χ2v) is 6.73. The van der Waals surface area contributed by atoms with E-state index in [0.29, 0.717) is 11.3 Å². The molecule has 1 aromatic heterocycles. The van der Waals surface area contributed by atoms with Crippen LogP contribution in [-0.2, 0) is 0 Å². The number of carbonyl (C=O) groups is 1. The van der Waals surface area contributed by atoms with Gasteiger partial charge >= 0.3 is 0 Å². The van der Waals surface area contributed by atoms with Gasteiger partial charge in [-0.3, -0.25) is 4.79 Å². The predicted octanol–water partition coefficient (Wildman–Crippen LogP) is 5.03. The Labute approximate surface area is 175 Å². The first-order chi connectivity index (χ1) is 14.7. The molecule has 0 fully saturated rings. The molecule has 30 heavy (non-hydrogen) atoms. The number of aromatic nitrogens is 2. The van der Waals surface area contributed by atoms with Crippen LogP contribution in [0.2, 0.25) is 0 Å². The Bertz CT molecular complexity index is 1190. The van der Waals surface area contributed by atoms with Gasteiger partial charge in [0.2, 0.25) is 0 Å². The van der Waals surface area contributed by atoms with Gasteiger partial charge < -0.3 is 10.5 Å². The average molecular weight is 395 g/mol. The molecule has 0 atom stereocenters. The average Bonchev–Trinajstić information content (AvgIpc) is 3.23. The minimum absolute atomic E-state index is 0.152. The summed E-state index contributed by atoms with van der Waals surface area (Å²) in [5, 5.41) is 4.76. The van der Waals surface area contributed by atoms with E-state index >= 15 is 0 Å². The third-order valence-electron chi connectivity index (χ3n) is 4.77. The number of benzene rings is 3. The van der Waals surface area contributed by atoms with Crippen molar-refractivity contribution in [2.24, 2.45) is 0 Å². The van der Waals surface area contributed by atoms with E-state index in [1.54, 1.807) is 36.1 Å². The van der Waals surface area contributed by atoms with Crippen molar-refractivity contribution in [3.63, 3.8) is 0 Å². The number of ether oxygens (including phenoxy) is 1. The Hall–Kier alpha value is -4.12. The molecule has 0 radical (unpaired) electrons. The number of nitrogens with zero attached hydrogens (tertiary/aromatic N) is 2. The number of carbonyl (C=O) groups excluding carboxylic acids is 1. The highest BCUT2D eigenvalue weighted by atomic mass is 16.5. The number of methoxy groups -OCH3 is 1. The monoisotopic (exact) mass is 395 g/mol. The molecule has 0 amide bonds. The van der Waals surface area contributed by atoms with Crippen molar-refractivity contribution < 1.29 is 9.53 Å². The number of allylic oxidation sites excluding steroid dienone is 1. The molecule has 0 aliphatic rings. The van der Waals surface area contributed by atoms with Crippen LogP contribution in [0.5, 0.6) is 5.75 Å². The molecule has 1 heterocycles. The third-order valence-corrected chi connectivity index (χ3v) is 4.77. The highest BCUT2D eigenvalue weighted by Gasteiger charge is 2.12. The van der Waals surface area contributed by atoms with Crippen LogP contribution in [-0.4, -0.2) is 22.7 Å². The van der Waals surface area contributed by atoms with Gasteiger partial charge in [0.05, 0.1) is 18.5 Å². The zero-order valence-corrected chi connectivity index (χ0v) is 16.5. The van der Waals surface area contributed by atoms with E-state index in [9.17, 15) is 4.79 Å². The zero-order valence-electron chi connectivity index (χ0n) is 16.5. The van der Waals surface area contributed by atoms with Gasteiger partial charge in [-0.25, -0.2) is 4.68 Å². The maximum absolute atomic E-state index is 12.6. The Morgan fingerprint density at radius 3 is 2.37 bits per heavy atom. The fourth-order valence-electron chi connectivity index (χ4n) is 3.17. The second-order valence-electron chi connectivity index (χ2n) is 6.73. The third kappa shape index (κ3) is 4.00. The zero-order chi connectivity index (χ0) is 20.9. The van der Waals surface area contributed by atoms with E-state index in [2.05, 4.69) is 0 Å². The van der Waals surface area contributed by atoms with Crippen LogP contribution in [0.3, 0.4) is 0 Å². The molecule has 5 heteroatoms. The van der Waals surface area contributed by atoms with E-state index in [-0.39, 0.29) is 5.78 Å². The first-order valence-electron chi connectivity index (χ1n) is 9.52. The molecule has 2 N–H and O–H groups in total. The Morgan fingerprint density at radius 2 is 1.67 bits per heavy atom. The number of hydrogen-bond donors (Lipinski definition) is 1. The van der Waals surface area contributed by atoms with E-state index in [1.807, 2.05) is 66.9 Å². The number of rotatable bonds is 6. The molecule has 4 rings (SSSR count). The first-order valence-corrected chi connectivity index (χ1v) is 9.52. The molecule has 0 aliphatic carbocycles. The summed E-state index contributed by atoms with van der Waals surface area (Å²) in [6, 6.07) is 24.6. The number of anilines is 1. The van der Waals surface area contributed by atoms with Crippen LogP contribution in [0.4, 0.5) is 5.69 Å². The summed E-state index contributed by atoms with van der Waals surface area (Å²) in [4.78, 5) is 12.6. The normalized spacial score (nSPS) is 11.0. The summed E-state index contributed by atoms with van der Waals surface area (Å²) >= 11 is 0. The molecular weight excluding hydrogens is 374 g/mol. The molecule has 0 spiro atoms. The lowest BCUT2D eigenvalue weighted by Gasteiger charge is -2.03. The maximum Gasteiger partial charge on any atom is 0.187 e. The smallest absolute Gasteiger partial charge is 0.187 e. The quantitative estimate of drug-likeness (QED) is 0.282. The number of nitrogens with two attached hydrogens (primary N) is 1. The molecule has 4 aromatic rings. The first kappa shape index (κ1) is 19.2. The summed E-state index contributed by atoms with van der Waals surface area (Å²) in [5.41, 5.74) is 10.3. The number of nitrogen functional groups attached to an aromatic ring is 1. The van der Waals surface area contributed by atoms with E-state index < -0.39 is 0 Å². The molecule has 0 bridgehead atoms. The molecular formula is C25H21N3O2. The van der Waals surface area contributed by atoms with Gasteiger partial charge in [0.25, 0.3) is 0 Å². The lowest BCUT2D eigenvalue weighted by atomic mass is 10.1. The summed E-state index contributed by atoms with van der Waals surface area (Å²) in [6.45, 7) is 0. The highest BCUT2D eigenvalue weighted by Crippen LogP contribution is 2.27. The molecule has 0 unspecified atom stereocenters. The van der Waals surface area contributed by atoms with Gasteiger partial charge in [-0.05, 0) is 60.7 Å². The molecule has 3 aromatic carbocycles. The van der Waals surface area contributed by atoms with Crippen molar-refractivity contribution in [1.29, 1.82) is 0 Å². The summed E-state index contributed by atoms with van der Waals surface area (Å²) < 4.78 is 7.06. The number of para-hydroxylation sites is 2. The van der Waals surface area contributed by atoms with Gasteiger partial charge in [-0.1, -0.05) is 30.3 Å². The fourth-order valence-corrected chi connectivity index (χ4v) is 3.17. The van der Waals surface area contributed by atoms with Gasteiger partial charge in [0.15, 0.2) is 5.78 Å². The maximum atomic E-state index is 12.6. The highest BCUT2D eigenvalue weighted by molar-refractivity contribution is 6.10. The van der Waals surface area contributed by atoms with Crippen molar-refractivity contribution in [3.8, 4) is 22.7 Å². The van der Waals surface area contributed by atoms with Crippen molar-refractivity contribution in [2.45, 2.75) is 0 Å². The Balaban J connectivity index is 1.74. The molecule has 5 nitrogen and oxygen atoms in total. The van der Waals surface area contributed by atoms with Crippen molar-refractivity contribution in [3.05, 3.63) is 102 Å². The summed E-state index contributed by atoms with van der Waals surface area (Å²) in [5.74, 6) is 0.620. The van der Waals surface area contributed by atoms with E-state index in [4.69, 9.17) is 15.6 Å². The van der Waals surface area contributed by atoms with Crippen LogP contribution in [0.25, 0.3) is 23.0 Å². The van der Waals surface area contributed by atoms with Gasteiger partial charge in [0.1, 0.15) is 5.75 Å². The lowest BCUT2D eigenvalue weighted by Crippen LogP contribution is -1.99. The lowest BCUT2D eigenvalue weighted by molar-refractivity contribution is 0.104. The topological polar surface area (TPSA) is 70.1 Å². The Morgan fingerprint density at radius 1 is 0.967 bits per heavy atom. The number of ketones is 1. The van der Waals surface area contributed by atoms with Crippen molar-refractivity contribution >= 4 is 17.5 Å². The molecule has 0 aliphatic heterocycles. The van der Waals surface area contributed by atoms with Crippen LogP contribution in [0.1, 0.15) is 15.9 Å². The van der Waals surface area contributed by atoms with Crippen molar-refractivity contribution in [2.75, 3.05) is 12.8 Å². The fraction of sp³-hybridized carbons (Fsp3) is 0.0400. The van der Waals surface area contributed by atoms with E-state index in [0.717, 1.165) is 28.3 Å². The Kier molecular flexibility index (Phi) is 5.44.